The highest BCUT2D eigenvalue weighted by Gasteiger charge is 2.27. The van der Waals surface area contributed by atoms with Crippen LogP contribution in [0.15, 0.2) is 24.4 Å². The summed E-state index contributed by atoms with van der Waals surface area (Å²) in [5.74, 6) is -0.425. The number of esters is 1. The van der Waals surface area contributed by atoms with Gasteiger partial charge < -0.3 is 9.64 Å². The number of amides is 1. The van der Waals surface area contributed by atoms with Crippen LogP contribution in [-0.2, 0) is 11.3 Å². The van der Waals surface area contributed by atoms with E-state index in [1.54, 1.807) is 36.3 Å². The molecule has 2 aromatic heterocycles. The standard InChI is InChI=1S/C14H12N2O3S/c1-16-7-11-9(6-10(20-11)14(18)19-2)12-8(13(16)17)4-3-5-15-12/h3-6H,7H2,1-2H3. The molecule has 1 aliphatic rings. The van der Waals surface area contributed by atoms with E-state index in [0.717, 1.165) is 10.4 Å². The fraction of sp³-hybridized carbons (Fsp3) is 0.214. The van der Waals surface area contributed by atoms with Gasteiger partial charge in [-0.25, -0.2) is 4.79 Å². The van der Waals surface area contributed by atoms with Gasteiger partial charge in [-0.15, -0.1) is 11.3 Å². The van der Waals surface area contributed by atoms with Gasteiger partial charge in [0, 0.05) is 23.7 Å². The number of hydrogen-bond donors (Lipinski definition) is 0. The SMILES string of the molecule is COC(=O)c1cc2c(s1)CN(C)C(=O)c1cccnc1-2. The molecule has 1 amide bonds. The Balaban J connectivity index is 2.22. The number of ether oxygens (including phenoxy) is 1. The second-order valence-corrected chi connectivity index (χ2v) is 5.64. The Hall–Kier alpha value is -2.21. The van der Waals surface area contributed by atoms with Crippen molar-refractivity contribution in [2.75, 3.05) is 14.2 Å². The number of fused-ring (bicyclic) bond motifs is 3. The molecule has 20 heavy (non-hydrogen) atoms. The van der Waals surface area contributed by atoms with Crippen molar-refractivity contribution in [1.29, 1.82) is 0 Å². The van der Waals surface area contributed by atoms with Crippen molar-refractivity contribution >= 4 is 23.2 Å². The molecule has 2 aromatic rings. The van der Waals surface area contributed by atoms with Gasteiger partial charge in [-0.05, 0) is 18.2 Å². The van der Waals surface area contributed by atoms with Crippen LogP contribution in [0.4, 0.5) is 0 Å². The van der Waals surface area contributed by atoms with Gasteiger partial charge >= 0.3 is 5.97 Å². The zero-order valence-corrected chi connectivity index (χ0v) is 11.9. The fourth-order valence-corrected chi connectivity index (χ4v) is 3.37. The van der Waals surface area contributed by atoms with Crippen LogP contribution in [-0.4, -0.2) is 35.9 Å². The Morgan fingerprint density at radius 2 is 2.25 bits per heavy atom. The molecular weight excluding hydrogens is 276 g/mol. The van der Waals surface area contributed by atoms with E-state index in [1.165, 1.54) is 18.4 Å². The number of aromatic nitrogens is 1. The molecule has 1 aliphatic heterocycles. The third-order valence-corrected chi connectivity index (χ3v) is 4.32. The molecule has 6 heteroatoms. The van der Waals surface area contributed by atoms with Crippen LogP contribution < -0.4 is 0 Å². The molecule has 0 atom stereocenters. The van der Waals surface area contributed by atoms with Crippen LogP contribution in [0.2, 0.25) is 0 Å². The third kappa shape index (κ3) is 1.89. The third-order valence-electron chi connectivity index (χ3n) is 3.22. The van der Waals surface area contributed by atoms with Gasteiger partial charge in [-0.2, -0.15) is 0 Å². The lowest BCUT2D eigenvalue weighted by molar-refractivity contribution is 0.0606. The maximum atomic E-state index is 12.3. The Labute approximate surface area is 119 Å². The van der Waals surface area contributed by atoms with Gasteiger partial charge in [0.1, 0.15) is 4.88 Å². The molecule has 0 fully saturated rings. The first kappa shape index (κ1) is 12.8. The zero-order valence-electron chi connectivity index (χ0n) is 11.0. The van der Waals surface area contributed by atoms with E-state index in [4.69, 9.17) is 4.74 Å². The number of pyridine rings is 1. The average molecular weight is 288 g/mol. The predicted octanol–water partition coefficient (Wildman–Crippen LogP) is 2.18. The summed E-state index contributed by atoms with van der Waals surface area (Å²) in [4.78, 5) is 31.3. The number of carbonyl (C=O) groups is 2. The molecule has 0 aromatic carbocycles. The molecular formula is C14H12N2O3S. The van der Waals surface area contributed by atoms with Gasteiger partial charge in [-0.3, -0.25) is 9.78 Å². The van der Waals surface area contributed by atoms with E-state index < -0.39 is 0 Å². The Kier molecular flexibility index (Phi) is 3.02. The number of nitrogens with zero attached hydrogens (tertiary/aromatic N) is 2. The first-order valence-corrected chi connectivity index (χ1v) is 6.85. The highest BCUT2D eigenvalue weighted by molar-refractivity contribution is 7.14. The monoisotopic (exact) mass is 288 g/mol. The summed E-state index contributed by atoms with van der Waals surface area (Å²) in [5.41, 5.74) is 2.02. The highest BCUT2D eigenvalue weighted by Crippen LogP contribution is 2.36. The minimum absolute atomic E-state index is 0.0591. The van der Waals surface area contributed by atoms with Crippen LogP contribution in [0.25, 0.3) is 11.3 Å². The average Bonchev–Trinajstić information content (AvgIpc) is 2.85. The zero-order chi connectivity index (χ0) is 14.3. The number of methoxy groups -OCH3 is 1. The molecule has 3 heterocycles. The van der Waals surface area contributed by atoms with Gasteiger partial charge in [0.25, 0.3) is 5.91 Å². The number of thiophene rings is 1. The van der Waals surface area contributed by atoms with Crippen LogP contribution >= 0.6 is 11.3 Å². The molecule has 0 N–H and O–H groups in total. The van der Waals surface area contributed by atoms with E-state index in [1.807, 2.05) is 0 Å². The number of carbonyl (C=O) groups excluding carboxylic acids is 2. The maximum Gasteiger partial charge on any atom is 0.348 e. The number of hydrogen-bond acceptors (Lipinski definition) is 5. The molecule has 0 saturated heterocycles. The summed E-state index contributed by atoms with van der Waals surface area (Å²) in [6.07, 6.45) is 1.65. The summed E-state index contributed by atoms with van der Waals surface area (Å²) in [5, 5.41) is 0. The molecule has 102 valence electrons. The Morgan fingerprint density at radius 3 is 3.00 bits per heavy atom. The highest BCUT2D eigenvalue weighted by atomic mass is 32.1. The predicted molar refractivity (Wildman–Crippen MR) is 74.7 cm³/mol. The molecule has 3 rings (SSSR count). The minimum atomic E-state index is -0.366. The fourth-order valence-electron chi connectivity index (χ4n) is 2.23. The second-order valence-electron chi connectivity index (χ2n) is 4.50. The second kappa shape index (κ2) is 4.72. The van der Waals surface area contributed by atoms with E-state index in [0.29, 0.717) is 22.7 Å². The molecule has 5 nitrogen and oxygen atoms in total. The van der Waals surface area contributed by atoms with E-state index in [-0.39, 0.29) is 11.9 Å². The van der Waals surface area contributed by atoms with Crippen molar-refractivity contribution in [1.82, 2.24) is 9.88 Å². The van der Waals surface area contributed by atoms with Crippen LogP contribution in [0.3, 0.4) is 0 Å². The molecule has 0 unspecified atom stereocenters. The molecule has 0 aliphatic carbocycles. The number of rotatable bonds is 1. The summed E-state index contributed by atoms with van der Waals surface area (Å²) in [7, 11) is 3.10. The molecule has 0 bridgehead atoms. The topological polar surface area (TPSA) is 59.5 Å². The Bertz CT molecular complexity index is 708. The van der Waals surface area contributed by atoms with Gasteiger partial charge in [-0.1, -0.05) is 0 Å². The normalized spacial score (nSPS) is 13.5. The first-order valence-electron chi connectivity index (χ1n) is 6.03. The first-order chi connectivity index (χ1) is 9.61. The lowest BCUT2D eigenvalue weighted by Gasteiger charge is -2.13. The van der Waals surface area contributed by atoms with E-state index >= 15 is 0 Å². The molecule has 0 radical (unpaired) electrons. The summed E-state index contributed by atoms with van der Waals surface area (Å²) >= 11 is 1.34. The summed E-state index contributed by atoms with van der Waals surface area (Å²) in [6, 6.07) is 5.25. The van der Waals surface area contributed by atoms with Gasteiger partial charge in [0.15, 0.2) is 0 Å². The summed E-state index contributed by atoms with van der Waals surface area (Å²) in [6.45, 7) is 0.464. The van der Waals surface area contributed by atoms with E-state index in [2.05, 4.69) is 4.98 Å². The maximum absolute atomic E-state index is 12.3. The van der Waals surface area contributed by atoms with Crippen molar-refractivity contribution in [3.8, 4) is 11.3 Å². The van der Waals surface area contributed by atoms with Crippen molar-refractivity contribution in [2.24, 2.45) is 0 Å². The van der Waals surface area contributed by atoms with Crippen molar-refractivity contribution < 1.29 is 14.3 Å². The van der Waals surface area contributed by atoms with Crippen LogP contribution in [0.1, 0.15) is 24.9 Å². The van der Waals surface area contributed by atoms with Crippen molar-refractivity contribution in [2.45, 2.75) is 6.54 Å². The molecule has 0 spiro atoms. The van der Waals surface area contributed by atoms with Crippen molar-refractivity contribution in [3.63, 3.8) is 0 Å². The van der Waals surface area contributed by atoms with Crippen molar-refractivity contribution in [3.05, 3.63) is 39.7 Å². The minimum Gasteiger partial charge on any atom is -0.465 e. The van der Waals surface area contributed by atoms with E-state index in [9.17, 15) is 9.59 Å². The molecule has 0 saturated carbocycles. The lowest BCUT2D eigenvalue weighted by atomic mass is 10.1. The van der Waals surface area contributed by atoms with Gasteiger partial charge in [0.2, 0.25) is 0 Å². The van der Waals surface area contributed by atoms with Crippen LogP contribution in [0, 0.1) is 0 Å². The van der Waals surface area contributed by atoms with Crippen LogP contribution in [0.5, 0.6) is 0 Å². The quantitative estimate of drug-likeness (QED) is 0.755. The lowest BCUT2D eigenvalue weighted by Crippen LogP contribution is -2.24. The Morgan fingerprint density at radius 1 is 1.45 bits per heavy atom. The summed E-state index contributed by atoms with van der Waals surface area (Å²) < 4.78 is 4.75. The van der Waals surface area contributed by atoms with Gasteiger partial charge in [0.05, 0.1) is 24.9 Å². The largest absolute Gasteiger partial charge is 0.465 e. The smallest absolute Gasteiger partial charge is 0.348 e.